The first-order valence-corrected chi connectivity index (χ1v) is 9.58. The Kier molecular flexibility index (Phi) is 7.91. The molecule has 11 nitrogen and oxygen atoms in total. The lowest BCUT2D eigenvalue weighted by Gasteiger charge is -2.34. The smallest absolute Gasteiger partial charge is 0.408 e. The second-order valence-electron chi connectivity index (χ2n) is 7.71. The number of aromatic nitrogens is 2. The van der Waals surface area contributed by atoms with Gasteiger partial charge in [-0.15, -0.1) is 0 Å². The second-order valence-corrected chi connectivity index (χ2v) is 7.71. The van der Waals surface area contributed by atoms with Crippen LogP contribution in [0.5, 0.6) is 0 Å². The SMILES string of the molecule is C[C@@H](/C=N/OCC(=O)N1CCN(c2ncc(C#N)cn2)CC1)NC(=O)OC(C)(C)C. The molecule has 1 aromatic rings. The van der Waals surface area contributed by atoms with E-state index in [1.165, 1.54) is 18.6 Å². The number of carbonyl (C=O) groups is 2. The molecule has 1 fully saturated rings. The quantitative estimate of drug-likeness (QED) is 0.533. The fourth-order valence-electron chi connectivity index (χ4n) is 2.55. The Hall–Kier alpha value is -3.42. The van der Waals surface area contributed by atoms with E-state index in [2.05, 4.69) is 20.4 Å². The molecule has 2 heterocycles. The highest BCUT2D eigenvalue weighted by Gasteiger charge is 2.23. The first-order chi connectivity index (χ1) is 14.2. The van der Waals surface area contributed by atoms with Gasteiger partial charge in [0.25, 0.3) is 5.91 Å². The molecule has 1 aliphatic heterocycles. The van der Waals surface area contributed by atoms with Gasteiger partial charge in [-0.05, 0) is 27.7 Å². The molecule has 0 unspecified atom stereocenters. The molecule has 162 valence electrons. The number of ether oxygens (including phenoxy) is 1. The molecule has 0 saturated carbocycles. The van der Waals surface area contributed by atoms with Crippen LogP contribution in [0.25, 0.3) is 0 Å². The van der Waals surface area contributed by atoms with Crippen molar-refractivity contribution in [2.75, 3.05) is 37.7 Å². The van der Waals surface area contributed by atoms with Gasteiger partial charge in [0.1, 0.15) is 11.7 Å². The number of anilines is 1. The Balaban J connectivity index is 1.69. The molecule has 0 bridgehead atoms. The third kappa shape index (κ3) is 7.54. The summed E-state index contributed by atoms with van der Waals surface area (Å²) in [5, 5.41) is 15.1. The number of rotatable bonds is 6. The summed E-state index contributed by atoms with van der Waals surface area (Å²) in [5.41, 5.74) is -0.180. The fraction of sp³-hybridized carbons (Fsp3) is 0.579. The highest BCUT2D eigenvalue weighted by molar-refractivity contribution is 5.78. The van der Waals surface area contributed by atoms with E-state index in [0.29, 0.717) is 37.7 Å². The molecule has 0 spiro atoms. The summed E-state index contributed by atoms with van der Waals surface area (Å²) in [4.78, 5) is 40.9. The molecular weight excluding hydrogens is 390 g/mol. The largest absolute Gasteiger partial charge is 0.444 e. The molecule has 1 aliphatic rings. The van der Waals surface area contributed by atoms with Crippen LogP contribution in [-0.4, -0.2) is 77.5 Å². The maximum Gasteiger partial charge on any atom is 0.408 e. The minimum Gasteiger partial charge on any atom is -0.444 e. The Morgan fingerprint density at radius 1 is 1.30 bits per heavy atom. The van der Waals surface area contributed by atoms with Gasteiger partial charge in [0.05, 0.1) is 30.2 Å². The van der Waals surface area contributed by atoms with Crippen LogP contribution in [0, 0.1) is 11.3 Å². The molecule has 1 atom stereocenters. The first kappa shape index (κ1) is 22.9. The lowest BCUT2D eigenvalue weighted by atomic mass is 10.2. The molecule has 0 aliphatic carbocycles. The normalized spacial score (nSPS) is 15.4. The number of nitriles is 1. The summed E-state index contributed by atoms with van der Waals surface area (Å²) in [6.07, 6.45) is 3.79. The van der Waals surface area contributed by atoms with Gasteiger partial charge in [0, 0.05) is 26.2 Å². The molecule has 1 saturated heterocycles. The molecule has 0 radical (unpaired) electrons. The Morgan fingerprint density at radius 2 is 1.93 bits per heavy atom. The number of alkyl carbamates (subject to hydrolysis) is 1. The molecule has 1 N–H and O–H groups in total. The molecular formula is C19H27N7O4. The number of nitrogens with zero attached hydrogens (tertiary/aromatic N) is 6. The van der Waals surface area contributed by atoms with Gasteiger partial charge in [-0.2, -0.15) is 5.26 Å². The highest BCUT2D eigenvalue weighted by atomic mass is 16.6. The van der Waals surface area contributed by atoms with Gasteiger partial charge in [-0.3, -0.25) is 4.79 Å². The summed E-state index contributed by atoms with van der Waals surface area (Å²) in [7, 11) is 0. The van der Waals surface area contributed by atoms with Crippen LogP contribution in [0.4, 0.5) is 10.7 Å². The van der Waals surface area contributed by atoms with E-state index >= 15 is 0 Å². The number of carbonyl (C=O) groups excluding carboxylic acids is 2. The average molecular weight is 417 g/mol. The lowest BCUT2D eigenvalue weighted by molar-refractivity contribution is -0.136. The highest BCUT2D eigenvalue weighted by Crippen LogP contribution is 2.11. The molecule has 0 aromatic carbocycles. The van der Waals surface area contributed by atoms with E-state index in [1.807, 2.05) is 11.0 Å². The number of nitrogens with one attached hydrogen (secondary N) is 1. The van der Waals surface area contributed by atoms with E-state index in [0.717, 1.165) is 0 Å². The van der Waals surface area contributed by atoms with Crippen LogP contribution in [0.15, 0.2) is 17.5 Å². The summed E-state index contributed by atoms with van der Waals surface area (Å²) >= 11 is 0. The van der Waals surface area contributed by atoms with Gasteiger partial charge in [-0.25, -0.2) is 14.8 Å². The van der Waals surface area contributed by atoms with Crippen molar-refractivity contribution in [3.05, 3.63) is 18.0 Å². The van der Waals surface area contributed by atoms with E-state index in [9.17, 15) is 9.59 Å². The van der Waals surface area contributed by atoms with Crippen LogP contribution in [-0.2, 0) is 14.4 Å². The number of hydrogen-bond acceptors (Lipinski definition) is 9. The van der Waals surface area contributed by atoms with E-state index in [1.54, 1.807) is 32.6 Å². The third-order valence-electron chi connectivity index (χ3n) is 3.97. The number of amides is 2. The van der Waals surface area contributed by atoms with Crippen molar-refractivity contribution in [1.29, 1.82) is 5.26 Å². The van der Waals surface area contributed by atoms with Crippen molar-refractivity contribution in [2.45, 2.75) is 39.3 Å². The van der Waals surface area contributed by atoms with Crippen molar-refractivity contribution >= 4 is 24.2 Å². The zero-order valence-corrected chi connectivity index (χ0v) is 17.7. The zero-order valence-electron chi connectivity index (χ0n) is 17.7. The van der Waals surface area contributed by atoms with Crippen LogP contribution < -0.4 is 10.2 Å². The molecule has 2 rings (SSSR count). The monoisotopic (exact) mass is 417 g/mol. The van der Waals surface area contributed by atoms with Crippen molar-refractivity contribution in [3.63, 3.8) is 0 Å². The Morgan fingerprint density at radius 3 is 2.50 bits per heavy atom. The van der Waals surface area contributed by atoms with Gasteiger partial charge in [0.15, 0.2) is 6.61 Å². The van der Waals surface area contributed by atoms with E-state index < -0.39 is 17.7 Å². The Bertz CT molecular complexity index is 791. The maximum atomic E-state index is 12.3. The van der Waals surface area contributed by atoms with Gasteiger partial charge in [-0.1, -0.05) is 5.16 Å². The van der Waals surface area contributed by atoms with Crippen LogP contribution in [0.1, 0.15) is 33.3 Å². The minimum atomic E-state index is -0.583. The standard InChI is InChI=1S/C19H27N7O4/c1-14(24-18(28)30-19(2,3)4)10-23-29-13-16(27)25-5-7-26(8-6-25)17-21-11-15(9-20)12-22-17/h10-12,14H,5-8,13H2,1-4H3,(H,24,28)/b23-10+/t14-/m0/s1. The number of oxime groups is 1. The first-order valence-electron chi connectivity index (χ1n) is 9.58. The summed E-state index contributed by atoms with van der Waals surface area (Å²) < 4.78 is 5.14. The van der Waals surface area contributed by atoms with Crippen molar-refractivity contribution in [1.82, 2.24) is 20.2 Å². The summed E-state index contributed by atoms with van der Waals surface area (Å²) in [6, 6.07) is 1.57. The fourth-order valence-corrected chi connectivity index (χ4v) is 2.55. The summed E-state index contributed by atoms with van der Waals surface area (Å²) in [6.45, 7) is 9.02. The molecule has 1 aromatic heterocycles. The van der Waals surface area contributed by atoms with Crippen molar-refractivity contribution < 1.29 is 19.2 Å². The Labute approximate surface area is 175 Å². The predicted molar refractivity (Wildman–Crippen MR) is 109 cm³/mol. The van der Waals surface area contributed by atoms with Crippen LogP contribution in [0.3, 0.4) is 0 Å². The third-order valence-corrected chi connectivity index (χ3v) is 3.97. The average Bonchev–Trinajstić information content (AvgIpc) is 2.69. The molecule has 2 amide bonds. The summed E-state index contributed by atoms with van der Waals surface area (Å²) in [5.74, 6) is 0.355. The number of hydrogen-bond donors (Lipinski definition) is 1. The topological polar surface area (TPSA) is 133 Å². The van der Waals surface area contributed by atoms with Gasteiger partial charge in [0.2, 0.25) is 5.95 Å². The predicted octanol–water partition coefficient (Wildman–Crippen LogP) is 0.912. The molecule has 11 heteroatoms. The zero-order chi connectivity index (χ0) is 22.1. The minimum absolute atomic E-state index is 0.180. The van der Waals surface area contributed by atoms with Gasteiger partial charge >= 0.3 is 6.09 Å². The van der Waals surface area contributed by atoms with Gasteiger partial charge < -0.3 is 24.7 Å². The lowest BCUT2D eigenvalue weighted by Crippen LogP contribution is -2.50. The van der Waals surface area contributed by atoms with Crippen molar-refractivity contribution in [2.24, 2.45) is 5.16 Å². The van der Waals surface area contributed by atoms with Crippen molar-refractivity contribution in [3.8, 4) is 6.07 Å². The molecule has 30 heavy (non-hydrogen) atoms. The second kappa shape index (κ2) is 10.4. The van der Waals surface area contributed by atoms with Crippen LogP contribution >= 0.6 is 0 Å². The van der Waals surface area contributed by atoms with Crippen LogP contribution in [0.2, 0.25) is 0 Å². The van der Waals surface area contributed by atoms with E-state index in [4.69, 9.17) is 14.8 Å². The number of piperazine rings is 1. The maximum absolute atomic E-state index is 12.3. The van der Waals surface area contributed by atoms with E-state index in [-0.39, 0.29) is 12.5 Å².